The van der Waals surface area contributed by atoms with Gasteiger partial charge in [-0.2, -0.15) is 16.8 Å². The van der Waals surface area contributed by atoms with Gasteiger partial charge in [-0.25, -0.2) is 0 Å². The highest BCUT2D eigenvalue weighted by Gasteiger charge is 2.12. The Hall–Kier alpha value is -2.25. The fourth-order valence-corrected chi connectivity index (χ4v) is 4.39. The van der Waals surface area contributed by atoms with Crippen LogP contribution in [0.2, 0.25) is 0 Å². The number of aromatic nitrogens is 1. The lowest BCUT2D eigenvalue weighted by molar-refractivity contribution is 0.0997. The first-order valence-corrected chi connectivity index (χ1v) is 11.1. The molecule has 7 heteroatoms. The summed E-state index contributed by atoms with van der Waals surface area (Å²) >= 11 is 3.32. The van der Waals surface area contributed by atoms with Crippen LogP contribution in [-0.2, 0) is 6.54 Å². The average molecular weight is 417 g/mol. The van der Waals surface area contributed by atoms with E-state index in [1.807, 2.05) is 0 Å². The normalized spacial score (nSPS) is 11.8. The Balaban J connectivity index is 2.13. The number of carbonyl (C=O) groups excluding carboxylic acids is 1. The van der Waals surface area contributed by atoms with Gasteiger partial charge >= 0.3 is 0 Å². The fraction of sp³-hybridized carbons (Fsp3) is 0.333. The molecule has 0 aliphatic heterocycles. The van der Waals surface area contributed by atoms with Crippen LogP contribution < -0.4 is 14.3 Å². The molecule has 3 aromatic rings. The lowest BCUT2D eigenvalue weighted by Crippen LogP contribution is -2.18. The third kappa shape index (κ3) is 4.25. The molecule has 2 aromatic carbocycles. The van der Waals surface area contributed by atoms with Crippen molar-refractivity contribution in [3.8, 4) is 11.5 Å². The SMILES string of the molecule is COc1cc(OC)cc(C(=O)N=c2sc3cc(C)c(C)cc3n2CCSC)c1. The molecule has 0 fully saturated rings. The third-order valence-electron chi connectivity index (χ3n) is 4.61. The second-order valence-electron chi connectivity index (χ2n) is 6.45. The van der Waals surface area contributed by atoms with Crippen LogP contribution in [0.15, 0.2) is 35.3 Å². The second kappa shape index (κ2) is 8.84. The predicted octanol–water partition coefficient (Wildman–Crippen LogP) is 4.44. The molecule has 0 N–H and O–H groups in total. The average Bonchev–Trinajstić information content (AvgIpc) is 3.01. The summed E-state index contributed by atoms with van der Waals surface area (Å²) in [5, 5.41) is 0. The molecule has 0 saturated carbocycles. The van der Waals surface area contributed by atoms with Crippen LogP contribution in [0.1, 0.15) is 21.5 Å². The van der Waals surface area contributed by atoms with Crippen molar-refractivity contribution in [3.63, 3.8) is 0 Å². The van der Waals surface area contributed by atoms with Gasteiger partial charge < -0.3 is 14.0 Å². The molecule has 0 unspecified atom stereocenters. The predicted molar refractivity (Wildman–Crippen MR) is 117 cm³/mol. The lowest BCUT2D eigenvalue weighted by atomic mass is 10.1. The van der Waals surface area contributed by atoms with E-state index in [4.69, 9.17) is 9.47 Å². The van der Waals surface area contributed by atoms with E-state index in [1.165, 1.54) is 11.1 Å². The molecular weight excluding hydrogens is 392 g/mol. The standard InChI is InChI=1S/C21H24N2O3S2/c1-13-8-18-19(9-14(13)2)28-21(23(18)6-7-27-5)22-20(24)15-10-16(25-3)12-17(11-15)26-4/h8-12H,6-7H2,1-5H3. The minimum atomic E-state index is -0.310. The summed E-state index contributed by atoms with van der Waals surface area (Å²) in [5.74, 6) is 1.77. The van der Waals surface area contributed by atoms with E-state index in [1.54, 1.807) is 55.5 Å². The molecule has 0 saturated heterocycles. The van der Waals surface area contributed by atoms with Crippen LogP contribution in [-0.4, -0.2) is 36.7 Å². The molecule has 5 nitrogen and oxygen atoms in total. The summed E-state index contributed by atoms with van der Waals surface area (Å²) in [7, 11) is 3.13. The number of rotatable bonds is 6. The van der Waals surface area contributed by atoms with Crippen LogP contribution in [0.25, 0.3) is 10.2 Å². The largest absolute Gasteiger partial charge is 0.497 e. The number of nitrogens with zero attached hydrogens (tertiary/aromatic N) is 2. The van der Waals surface area contributed by atoms with Gasteiger partial charge in [0.1, 0.15) is 11.5 Å². The Morgan fingerprint density at radius 2 is 1.71 bits per heavy atom. The Morgan fingerprint density at radius 3 is 2.32 bits per heavy atom. The molecular formula is C21H24N2O3S2. The zero-order valence-electron chi connectivity index (χ0n) is 16.7. The number of ether oxygens (including phenoxy) is 2. The lowest BCUT2D eigenvalue weighted by Gasteiger charge is -2.07. The van der Waals surface area contributed by atoms with Crippen molar-refractivity contribution < 1.29 is 14.3 Å². The fourth-order valence-electron chi connectivity index (χ4n) is 2.89. The number of amides is 1. The first-order chi connectivity index (χ1) is 13.5. The van der Waals surface area contributed by atoms with Crippen LogP contribution >= 0.6 is 23.1 Å². The maximum Gasteiger partial charge on any atom is 0.279 e. The van der Waals surface area contributed by atoms with Crippen molar-refractivity contribution in [2.24, 2.45) is 4.99 Å². The van der Waals surface area contributed by atoms with Crippen molar-refractivity contribution >= 4 is 39.2 Å². The molecule has 0 radical (unpaired) electrons. The van der Waals surface area contributed by atoms with Gasteiger partial charge in [0.15, 0.2) is 4.80 Å². The molecule has 3 rings (SSSR count). The van der Waals surface area contributed by atoms with Gasteiger partial charge in [-0.05, 0) is 55.5 Å². The van der Waals surface area contributed by atoms with Gasteiger partial charge in [0, 0.05) is 23.9 Å². The van der Waals surface area contributed by atoms with Gasteiger partial charge in [0.2, 0.25) is 0 Å². The van der Waals surface area contributed by atoms with Gasteiger partial charge in [-0.1, -0.05) is 11.3 Å². The monoisotopic (exact) mass is 416 g/mol. The smallest absolute Gasteiger partial charge is 0.279 e. The summed E-state index contributed by atoms with van der Waals surface area (Å²) in [4.78, 5) is 18.1. The summed E-state index contributed by atoms with van der Waals surface area (Å²) in [5.41, 5.74) is 4.04. The highest BCUT2D eigenvalue weighted by atomic mass is 32.2. The van der Waals surface area contributed by atoms with Crippen molar-refractivity contribution in [2.75, 3.05) is 26.2 Å². The Kier molecular flexibility index (Phi) is 6.46. The van der Waals surface area contributed by atoms with Gasteiger partial charge in [-0.15, -0.1) is 0 Å². The highest BCUT2D eigenvalue weighted by molar-refractivity contribution is 7.98. The number of fused-ring (bicyclic) bond motifs is 1. The molecule has 0 aliphatic rings. The summed E-state index contributed by atoms with van der Waals surface area (Å²) in [6, 6.07) is 9.45. The number of hydrogen-bond donors (Lipinski definition) is 0. The van der Waals surface area contributed by atoms with E-state index >= 15 is 0 Å². The van der Waals surface area contributed by atoms with Gasteiger partial charge in [0.05, 0.1) is 24.4 Å². The summed E-state index contributed by atoms with van der Waals surface area (Å²) in [6.45, 7) is 5.01. The van der Waals surface area contributed by atoms with Gasteiger partial charge in [0.25, 0.3) is 5.91 Å². The second-order valence-corrected chi connectivity index (χ2v) is 8.45. The molecule has 1 heterocycles. The van der Waals surface area contributed by atoms with E-state index in [-0.39, 0.29) is 5.91 Å². The maximum atomic E-state index is 12.9. The number of thioether (sulfide) groups is 1. The van der Waals surface area contributed by atoms with Crippen LogP contribution in [0.5, 0.6) is 11.5 Å². The minimum absolute atomic E-state index is 0.310. The van der Waals surface area contributed by atoms with Gasteiger partial charge in [-0.3, -0.25) is 4.79 Å². The Morgan fingerprint density at radius 1 is 1.07 bits per heavy atom. The number of benzene rings is 2. The molecule has 148 valence electrons. The van der Waals surface area contributed by atoms with Crippen molar-refractivity contribution in [1.82, 2.24) is 4.57 Å². The van der Waals surface area contributed by atoms with Crippen molar-refractivity contribution in [1.29, 1.82) is 0 Å². The first-order valence-electron chi connectivity index (χ1n) is 8.88. The number of thiazole rings is 1. The van der Waals surface area contributed by atoms with Crippen LogP contribution in [0.3, 0.4) is 0 Å². The number of methoxy groups -OCH3 is 2. The molecule has 28 heavy (non-hydrogen) atoms. The van der Waals surface area contributed by atoms with E-state index in [9.17, 15) is 4.79 Å². The number of hydrogen-bond acceptors (Lipinski definition) is 5. The molecule has 0 atom stereocenters. The summed E-state index contributed by atoms with van der Waals surface area (Å²) < 4.78 is 13.8. The molecule has 1 amide bonds. The first kappa shape index (κ1) is 20.5. The van der Waals surface area contributed by atoms with E-state index < -0.39 is 0 Å². The quantitative estimate of drug-likeness (QED) is 0.596. The van der Waals surface area contributed by atoms with Crippen molar-refractivity contribution in [3.05, 3.63) is 51.8 Å². The topological polar surface area (TPSA) is 52.8 Å². The Bertz CT molecular complexity index is 1060. The van der Waals surface area contributed by atoms with Crippen LogP contribution in [0.4, 0.5) is 0 Å². The van der Waals surface area contributed by atoms with Crippen molar-refractivity contribution in [2.45, 2.75) is 20.4 Å². The van der Waals surface area contributed by atoms with E-state index in [0.717, 1.165) is 22.5 Å². The zero-order chi connectivity index (χ0) is 20.3. The molecule has 1 aromatic heterocycles. The maximum absolute atomic E-state index is 12.9. The molecule has 0 aliphatic carbocycles. The Labute approximate surface area is 173 Å². The molecule has 0 bridgehead atoms. The van der Waals surface area contributed by atoms with E-state index in [2.05, 4.69) is 41.8 Å². The highest BCUT2D eigenvalue weighted by Crippen LogP contribution is 2.24. The summed E-state index contributed by atoms with van der Waals surface area (Å²) in [6.07, 6.45) is 2.08. The van der Waals surface area contributed by atoms with E-state index in [0.29, 0.717) is 21.9 Å². The number of carbonyl (C=O) groups is 1. The molecule has 0 spiro atoms. The minimum Gasteiger partial charge on any atom is -0.497 e. The zero-order valence-corrected chi connectivity index (χ0v) is 18.4. The third-order valence-corrected chi connectivity index (χ3v) is 6.24. The number of aryl methyl sites for hydroxylation is 3. The van der Waals surface area contributed by atoms with Crippen LogP contribution in [0, 0.1) is 13.8 Å².